The molecular formula is C19H11Cl4N3O2. The van der Waals surface area contributed by atoms with Crippen LogP contribution >= 0.6 is 46.4 Å². The van der Waals surface area contributed by atoms with Gasteiger partial charge in [0.15, 0.2) is 5.71 Å². The van der Waals surface area contributed by atoms with Crippen molar-refractivity contribution in [3.05, 3.63) is 73.4 Å². The predicted octanol–water partition coefficient (Wildman–Crippen LogP) is 6.71. The minimum atomic E-state index is -0.0537. The maximum Gasteiger partial charge on any atom is 0.189 e. The van der Waals surface area contributed by atoms with E-state index in [1.165, 1.54) is 0 Å². The Balaban J connectivity index is 1.91. The molecule has 0 fully saturated rings. The summed E-state index contributed by atoms with van der Waals surface area (Å²) in [5.74, 6) is 0.510. The van der Waals surface area contributed by atoms with E-state index >= 15 is 0 Å². The third-order valence-corrected chi connectivity index (χ3v) is 5.11. The lowest BCUT2D eigenvalue weighted by molar-refractivity contribution is 0.130. The quantitative estimate of drug-likeness (QED) is 0.317. The van der Waals surface area contributed by atoms with E-state index in [-0.39, 0.29) is 12.3 Å². The van der Waals surface area contributed by atoms with Crippen LogP contribution in [0, 0.1) is 18.3 Å². The summed E-state index contributed by atoms with van der Waals surface area (Å²) in [5.41, 5.74) is 1.81. The zero-order valence-corrected chi connectivity index (χ0v) is 17.4. The molecule has 1 aromatic heterocycles. The molecule has 0 aliphatic rings. The molecule has 0 bridgehead atoms. The Bertz CT molecular complexity index is 1060. The molecule has 5 nitrogen and oxygen atoms in total. The number of hydrogen-bond acceptors (Lipinski definition) is 5. The first-order valence-corrected chi connectivity index (χ1v) is 9.39. The zero-order chi connectivity index (χ0) is 20.3. The molecule has 0 aliphatic carbocycles. The minimum Gasteiger partial charge on any atom is -0.390 e. The summed E-state index contributed by atoms with van der Waals surface area (Å²) in [6, 6.07) is 11.9. The van der Waals surface area contributed by atoms with E-state index in [0.29, 0.717) is 48.2 Å². The Kier molecular flexibility index (Phi) is 6.48. The highest BCUT2D eigenvalue weighted by Crippen LogP contribution is 2.37. The molecule has 1 heterocycles. The third kappa shape index (κ3) is 4.11. The fraction of sp³-hybridized carbons (Fsp3) is 0.105. The van der Waals surface area contributed by atoms with Gasteiger partial charge in [-0.15, -0.1) is 0 Å². The molecule has 0 saturated carbocycles. The van der Waals surface area contributed by atoms with Crippen LogP contribution in [-0.2, 0) is 11.4 Å². The lowest BCUT2D eigenvalue weighted by atomic mass is 10.1. The van der Waals surface area contributed by atoms with Crippen LogP contribution in [0.1, 0.15) is 16.9 Å². The van der Waals surface area contributed by atoms with Gasteiger partial charge in [0.2, 0.25) is 0 Å². The number of oxime groups is 1. The second-order valence-corrected chi connectivity index (χ2v) is 7.21. The molecule has 3 aromatic rings. The number of hydrogen-bond donors (Lipinski definition) is 0. The Morgan fingerprint density at radius 2 is 1.64 bits per heavy atom. The first kappa shape index (κ1) is 20.5. The SMILES string of the molecule is Cc1onc(-c2c(Cl)cccc2Cl)c1CO/N=C(/C#N)c1c(Cl)cccc1Cl. The molecule has 9 heteroatoms. The molecule has 0 saturated heterocycles. The third-order valence-electron chi connectivity index (χ3n) is 3.85. The van der Waals surface area contributed by atoms with E-state index in [1.807, 2.05) is 6.07 Å². The molecule has 0 N–H and O–H groups in total. The van der Waals surface area contributed by atoms with Gasteiger partial charge in [0.05, 0.1) is 31.2 Å². The van der Waals surface area contributed by atoms with Crippen molar-refractivity contribution in [1.29, 1.82) is 5.26 Å². The summed E-state index contributed by atoms with van der Waals surface area (Å²) in [6.45, 7) is 1.69. The van der Waals surface area contributed by atoms with Crippen LogP contribution < -0.4 is 0 Å². The molecule has 2 aromatic carbocycles. The highest BCUT2D eigenvalue weighted by molar-refractivity contribution is 6.41. The van der Waals surface area contributed by atoms with Gasteiger partial charge in [0.1, 0.15) is 24.1 Å². The van der Waals surface area contributed by atoms with Crippen LogP contribution in [0.25, 0.3) is 11.3 Å². The lowest BCUT2D eigenvalue weighted by Crippen LogP contribution is -2.02. The monoisotopic (exact) mass is 453 g/mol. The zero-order valence-electron chi connectivity index (χ0n) is 14.3. The lowest BCUT2D eigenvalue weighted by Gasteiger charge is -2.07. The normalized spacial score (nSPS) is 11.4. The fourth-order valence-corrected chi connectivity index (χ4v) is 3.64. The van der Waals surface area contributed by atoms with Gasteiger partial charge >= 0.3 is 0 Å². The molecule has 0 amide bonds. The number of aromatic nitrogens is 1. The van der Waals surface area contributed by atoms with Gasteiger partial charge in [-0.3, -0.25) is 0 Å². The Hall–Kier alpha value is -2.23. The predicted molar refractivity (Wildman–Crippen MR) is 110 cm³/mol. The van der Waals surface area contributed by atoms with Crippen LogP contribution in [0.3, 0.4) is 0 Å². The van der Waals surface area contributed by atoms with Crippen LogP contribution in [0.5, 0.6) is 0 Å². The van der Waals surface area contributed by atoms with E-state index in [9.17, 15) is 5.26 Å². The molecule has 0 aliphatic heterocycles. The van der Waals surface area contributed by atoms with E-state index < -0.39 is 0 Å². The highest BCUT2D eigenvalue weighted by Gasteiger charge is 2.20. The Labute approximate surface area is 181 Å². The average Bonchev–Trinajstić information content (AvgIpc) is 3.00. The molecule has 0 atom stereocenters. The van der Waals surface area contributed by atoms with Gasteiger partial charge in [0.25, 0.3) is 0 Å². The second-order valence-electron chi connectivity index (χ2n) is 5.58. The average molecular weight is 455 g/mol. The smallest absolute Gasteiger partial charge is 0.189 e. The second kappa shape index (κ2) is 8.85. The van der Waals surface area contributed by atoms with E-state index in [0.717, 1.165) is 0 Å². The number of aryl methyl sites for hydroxylation is 1. The van der Waals surface area contributed by atoms with Crippen molar-refractivity contribution < 1.29 is 9.36 Å². The summed E-state index contributed by atoms with van der Waals surface area (Å²) < 4.78 is 5.26. The van der Waals surface area contributed by atoms with Crippen LogP contribution in [0.4, 0.5) is 0 Å². The van der Waals surface area contributed by atoms with E-state index in [1.54, 1.807) is 43.3 Å². The first-order valence-electron chi connectivity index (χ1n) is 7.88. The van der Waals surface area contributed by atoms with Crippen molar-refractivity contribution in [2.24, 2.45) is 5.16 Å². The standard InChI is InChI=1S/C19H11Cl4N3O2/c1-10-11(19(26-28-10)18-14(22)6-3-7-15(18)23)9-27-25-16(8-24)17-12(20)4-2-5-13(17)21/h2-7H,9H2,1H3/b25-16-. The topological polar surface area (TPSA) is 71.4 Å². The molecule has 0 spiro atoms. The fourth-order valence-electron chi connectivity index (χ4n) is 2.49. The van der Waals surface area contributed by atoms with Gasteiger partial charge < -0.3 is 9.36 Å². The maximum atomic E-state index is 9.40. The van der Waals surface area contributed by atoms with Crippen molar-refractivity contribution in [1.82, 2.24) is 5.16 Å². The summed E-state index contributed by atoms with van der Waals surface area (Å²) in [5, 5.41) is 18.7. The molecule has 142 valence electrons. The Morgan fingerprint density at radius 1 is 1.07 bits per heavy atom. The summed E-state index contributed by atoms with van der Waals surface area (Å²) in [7, 11) is 0. The summed E-state index contributed by atoms with van der Waals surface area (Å²) in [4.78, 5) is 5.38. The molecule has 3 rings (SSSR count). The molecular weight excluding hydrogens is 444 g/mol. The van der Waals surface area contributed by atoms with Crippen LogP contribution in [0.2, 0.25) is 20.1 Å². The summed E-state index contributed by atoms with van der Waals surface area (Å²) in [6.07, 6.45) is 0. The van der Waals surface area contributed by atoms with Crippen molar-refractivity contribution >= 4 is 52.1 Å². The van der Waals surface area contributed by atoms with Gasteiger partial charge in [0, 0.05) is 5.56 Å². The number of halogens is 4. The van der Waals surface area contributed by atoms with Crippen molar-refractivity contribution in [3.8, 4) is 17.3 Å². The largest absolute Gasteiger partial charge is 0.390 e. The Morgan fingerprint density at radius 3 is 2.21 bits per heavy atom. The van der Waals surface area contributed by atoms with Gasteiger partial charge in [-0.1, -0.05) is 68.8 Å². The number of rotatable bonds is 5. The molecule has 0 radical (unpaired) electrons. The van der Waals surface area contributed by atoms with Crippen molar-refractivity contribution in [2.45, 2.75) is 13.5 Å². The van der Waals surface area contributed by atoms with E-state index in [2.05, 4.69) is 10.3 Å². The van der Waals surface area contributed by atoms with Crippen LogP contribution in [-0.4, -0.2) is 10.9 Å². The number of benzene rings is 2. The van der Waals surface area contributed by atoms with E-state index in [4.69, 9.17) is 55.8 Å². The van der Waals surface area contributed by atoms with Crippen molar-refractivity contribution in [2.75, 3.05) is 0 Å². The van der Waals surface area contributed by atoms with Crippen molar-refractivity contribution in [3.63, 3.8) is 0 Å². The minimum absolute atomic E-state index is 0.0283. The van der Waals surface area contributed by atoms with Gasteiger partial charge in [-0.05, 0) is 31.2 Å². The van der Waals surface area contributed by atoms with Gasteiger partial charge in [-0.2, -0.15) is 5.26 Å². The van der Waals surface area contributed by atoms with Crippen LogP contribution in [0.15, 0.2) is 46.1 Å². The van der Waals surface area contributed by atoms with Gasteiger partial charge in [-0.25, -0.2) is 0 Å². The highest BCUT2D eigenvalue weighted by atomic mass is 35.5. The molecule has 28 heavy (non-hydrogen) atoms. The number of nitrogens with zero attached hydrogens (tertiary/aromatic N) is 3. The summed E-state index contributed by atoms with van der Waals surface area (Å²) >= 11 is 24.8. The molecule has 0 unspecified atom stereocenters. The number of nitriles is 1. The maximum absolute atomic E-state index is 9.40. The first-order chi connectivity index (χ1) is 13.4.